The van der Waals surface area contributed by atoms with E-state index in [-0.39, 0.29) is 16.4 Å². The predicted octanol–water partition coefficient (Wildman–Crippen LogP) is 3.57. The monoisotopic (exact) mass is 282 g/mol. The molecule has 0 spiro atoms. The van der Waals surface area contributed by atoms with Gasteiger partial charge in [0.15, 0.2) is 0 Å². The highest BCUT2D eigenvalue weighted by Gasteiger charge is 2.11. The van der Waals surface area contributed by atoms with E-state index in [1.807, 2.05) is 0 Å². The van der Waals surface area contributed by atoms with Crippen LogP contribution in [0.2, 0.25) is 5.15 Å². The lowest BCUT2D eigenvalue weighted by Crippen LogP contribution is -2.13. The molecule has 1 heterocycles. The molecule has 1 aromatic heterocycles. The van der Waals surface area contributed by atoms with Crippen LogP contribution in [-0.4, -0.2) is 10.9 Å². The van der Waals surface area contributed by atoms with Gasteiger partial charge < -0.3 is 5.32 Å². The minimum absolute atomic E-state index is 0.100. The first-order chi connectivity index (χ1) is 8.95. The molecule has 0 unspecified atom stereocenters. The van der Waals surface area contributed by atoms with Crippen molar-refractivity contribution < 1.29 is 13.6 Å². The molecule has 0 atom stereocenters. The molecule has 0 radical (unpaired) electrons. The molecule has 0 bridgehead atoms. The third-order valence-electron chi connectivity index (χ3n) is 2.36. The lowest BCUT2D eigenvalue weighted by Gasteiger charge is -2.07. The zero-order valence-corrected chi connectivity index (χ0v) is 10.6. The molecule has 0 saturated heterocycles. The molecule has 0 aliphatic rings. The number of hydrogen-bond donors (Lipinski definition) is 1. The van der Waals surface area contributed by atoms with Crippen LogP contribution in [0.4, 0.5) is 14.5 Å². The normalized spacial score (nSPS) is 10.3. The van der Waals surface area contributed by atoms with Gasteiger partial charge in [0.1, 0.15) is 16.8 Å². The molecule has 0 fully saturated rings. The van der Waals surface area contributed by atoms with Crippen LogP contribution in [0.3, 0.4) is 0 Å². The zero-order valence-electron chi connectivity index (χ0n) is 9.88. The van der Waals surface area contributed by atoms with Crippen molar-refractivity contribution in [1.82, 2.24) is 4.98 Å². The second-order valence-corrected chi connectivity index (χ2v) is 4.29. The quantitative estimate of drug-likeness (QED) is 0.856. The lowest BCUT2D eigenvalue weighted by molar-refractivity contribution is 0.102. The first kappa shape index (κ1) is 13.4. The summed E-state index contributed by atoms with van der Waals surface area (Å²) < 4.78 is 26.1. The zero-order chi connectivity index (χ0) is 14.0. The van der Waals surface area contributed by atoms with Gasteiger partial charge in [-0.15, -0.1) is 0 Å². The molecular formula is C13H9ClF2N2O. The summed E-state index contributed by atoms with van der Waals surface area (Å²) >= 11 is 5.73. The Morgan fingerprint density at radius 3 is 2.63 bits per heavy atom. The number of pyridine rings is 1. The molecule has 98 valence electrons. The van der Waals surface area contributed by atoms with E-state index in [1.54, 1.807) is 6.92 Å². The number of aromatic nitrogens is 1. The summed E-state index contributed by atoms with van der Waals surface area (Å²) in [6.07, 6.45) is 0. The van der Waals surface area contributed by atoms with Crippen molar-refractivity contribution >= 4 is 23.2 Å². The smallest absolute Gasteiger partial charge is 0.255 e. The van der Waals surface area contributed by atoms with Crippen LogP contribution in [-0.2, 0) is 0 Å². The molecule has 6 heteroatoms. The summed E-state index contributed by atoms with van der Waals surface area (Å²) in [4.78, 5) is 15.8. The fourth-order valence-electron chi connectivity index (χ4n) is 1.54. The van der Waals surface area contributed by atoms with Crippen LogP contribution in [0.25, 0.3) is 0 Å². The molecule has 2 aromatic rings. The Hall–Kier alpha value is -2.01. The van der Waals surface area contributed by atoms with E-state index in [4.69, 9.17) is 11.6 Å². The SMILES string of the molecule is Cc1cc(C(=O)Nc2ccc(F)cc2F)cc(Cl)n1. The van der Waals surface area contributed by atoms with Crippen molar-refractivity contribution in [3.63, 3.8) is 0 Å². The van der Waals surface area contributed by atoms with E-state index in [2.05, 4.69) is 10.3 Å². The number of benzene rings is 1. The van der Waals surface area contributed by atoms with Gasteiger partial charge in [0, 0.05) is 17.3 Å². The van der Waals surface area contributed by atoms with Gasteiger partial charge in [0.05, 0.1) is 5.69 Å². The van der Waals surface area contributed by atoms with Crippen LogP contribution in [0.1, 0.15) is 16.1 Å². The van der Waals surface area contributed by atoms with Gasteiger partial charge >= 0.3 is 0 Å². The number of anilines is 1. The second-order valence-electron chi connectivity index (χ2n) is 3.90. The summed E-state index contributed by atoms with van der Waals surface area (Å²) in [6, 6.07) is 5.79. The first-order valence-corrected chi connectivity index (χ1v) is 5.74. The Labute approximate surface area is 113 Å². The van der Waals surface area contributed by atoms with E-state index in [0.717, 1.165) is 12.1 Å². The van der Waals surface area contributed by atoms with Gasteiger partial charge in [0.25, 0.3) is 5.91 Å². The Morgan fingerprint density at radius 2 is 2.00 bits per heavy atom. The van der Waals surface area contributed by atoms with E-state index in [1.165, 1.54) is 12.1 Å². The second kappa shape index (κ2) is 5.32. The maximum absolute atomic E-state index is 13.4. The number of carbonyl (C=O) groups is 1. The largest absolute Gasteiger partial charge is 0.319 e. The third-order valence-corrected chi connectivity index (χ3v) is 2.56. The lowest BCUT2D eigenvalue weighted by atomic mass is 10.2. The number of amides is 1. The highest BCUT2D eigenvalue weighted by Crippen LogP contribution is 2.17. The topological polar surface area (TPSA) is 42.0 Å². The Bertz CT molecular complexity index is 626. The van der Waals surface area contributed by atoms with E-state index in [9.17, 15) is 13.6 Å². The number of nitrogens with one attached hydrogen (secondary N) is 1. The molecule has 1 aromatic carbocycles. The standard InChI is InChI=1S/C13H9ClF2N2O/c1-7-4-8(5-12(14)17-7)13(19)18-11-3-2-9(15)6-10(11)16/h2-6H,1H3,(H,18,19). The average molecular weight is 283 g/mol. The van der Waals surface area contributed by atoms with E-state index in [0.29, 0.717) is 11.8 Å². The van der Waals surface area contributed by atoms with Crippen molar-refractivity contribution in [2.24, 2.45) is 0 Å². The maximum Gasteiger partial charge on any atom is 0.255 e. The van der Waals surface area contributed by atoms with Crippen LogP contribution >= 0.6 is 11.6 Å². The molecule has 0 aliphatic carbocycles. The van der Waals surface area contributed by atoms with Crippen LogP contribution in [0, 0.1) is 18.6 Å². The van der Waals surface area contributed by atoms with Crippen molar-refractivity contribution in [2.45, 2.75) is 6.92 Å². The van der Waals surface area contributed by atoms with Gasteiger partial charge in [-0.3, -0.25) is 4.79 Å². The highest BCUT2D eigenvalue weighted by atomic mass is 35.5. The molecule has 0 aliphatic heterocycles. The Balaban J connectivity index is 2.25. The molecule has 0 saturated carbocycles. The number of halogens is 3. The number of rotatable bonds is 2. The molecule has 2 rings (SSSR count). The molecule has 1 N–H and O–H groups in total. The minimum atomic E-state index is -0.842. The summed E-state index contributed by atoms with van der Waals surface area (Å²) in [5.41, 5.74) is 0.718. The molecule has 3 nitrogen and oxygen atoms in total. The maximum atomic E-state index is 13.4. The van der Waals surface area contributed by atoms with Crippen molar-refractivity contribution in [1.29, 1.82) is 0 Å². The molecule has 1 amide bonds. The average Bonchev–Trinajstić information content (AvgIpc) is 2.31. The fourth-order valence-corrected chi connectivity index (χ4v) is 1.80. The van der Waals surface area contributed by atoms with Gasteiger partial charge in [-0.25, -0.2) is 13.8 Å². The van der Waals surface area contributed by atoms with Crippen LogP contribution in [0.5, 0.6) is 0 Å². The van der Waals surface area contributed by atoms with Crippen molar-refractivity contribution in [3.05, 3.63) is 58.4 Å². The highest BCUT2D eigenvalue weighted by molar-refractivity contribution is 6.29. The Morgan fingerprint density at radius 1 is 1.26 bits per heavy atom. The van der Waals surface area contributed by atoms with Gasteiger partial charge in [-0.2, -0.15) is 0 Å². The minimum Gasteiger partial charge on any atom is -0.319 e. The summed E-state index contributed by atoms with van der Waals surface area (Å²) in [6.45, 7) is 1.68. The number of nitrogens with zero attached hydrogens (tertiary/aromatic N) is 1. The summed E-state index contributed by atoms with van der Waals surface area (Å²) in [5.74, 6) is -2.10. The van der Waals surface area contributed by atoms with Crippen molar-refractivity contribution in [2.75, 3.05) is 5.32 Å². The summed E-state index contributed by atoms with van der Waals surface area (Å²) in [5, 5.41) is 2.51. The van der Waals surface area contributed by atoms with Crippen molar-refractivity contribution in [3.8, 4) is 0 Å². The Kier molecular flexibility index (Phi) is 3.76. The number of carbonyl (C=O) groups excluding carboxylic acids is 1. The number of aryl methyl sites for hydroxylation is 1. The third kappa shape index (κ3) is 3.26. The van der Waals surface area contributed by atoms with E-state index < -0.39 is 17.5 Å². The molecule has 19 heavy (non-hydrogen) atoms. The first-order valence-electron chi connectivity index (χ1n) is 5.36. The van der Waals surface area contributed by atoms with Gasteiger partial charge in [-0.05, 0) is 31.2 Å². The predicted molar refractivity (Wildman–Crippen MR) is 68.3 cm³/mol. The fraction of sp³-hybridized carbons (Fsp3) is 0.0769. The number of hydrogen-bond acceptors (Lipinski definition) is 2. The summed E-state index contributed by atoms with van der Waals surface area (Å²) in [7, 11) is 0. The van der Waals surface area contributed by atoms with Gasteiger partial charge in [0.2, 0.25) is 0 Å². The van der Waals surface area contributed by atoms with Crippen LogP contribution in [0.15, 0.2) is 30.3 Å². The van der Waals surface area contributed by atoms with Crippen LogP contribution < -0.4 is 5.32 Å². The molecular weight excluding hydrogens is 274 g/mol. The van der Waals surface area contributed by atoms with Gasteiger partial charge in [-0.1, -0.05) is 11.6 Å². The van der Waals surface area contributed by atoms with E-state index >= 15 is 0 Å².